The van der Waals surface area contributed by atoms with Crippen molar-refractivity contribution in [2.24, 2.45) is 0 Å². The van der Waals surface area contributed by atoms with Gasteiger partial charge in [-0.05, 0) is 32.0 Å². The quantitative estimate of drug-likeness (QED) is 0.709. The molecule has 0 bridgehead atoms. The summed E-state index contributed by atoms with van der Waals surface area (Å²) in [5, 5.41) is 7.50. The molecular weight excluding hydrogens is 381 g/mol. The van der Waals surface area contributed by atoms with Crippen LogP contribution >= 0.6 is 11.3 Å². The zero-order valence-corrected chi connectivity index (χ0v) is 15.2. The van der Waals surface area contributed by atoms with Gasteiger partial charge in [0, 0.05) is 22.3 Å². The first-order chi connectivity index (χ1) is 12.6. The minimum absolute atomic E-state index is 0.0129. The smallest absolute Gasteiger partial charge is 0.326 e. The topological polar surface area (TPSA) is 79.8 Å². The first-order valence-corrected chi connectivity index (χ1v) is 8.73. The zero-order chi connectivity index (χ0) is 19.8. The van der Waals surface area contributed by atoms with Crippen LogP contribution < -0.4 is 10.9 Å². The van der Waals surface area contributed by atoms with Crippen molar-refractivity contribution >= 4 is 22.9 Å². The molecule has 0 aliphatic heterocycles. The molecule has 2 aromatic heterocycles. The van der Waals surface area contributed by atoms with Gasteiger partial charge in [0.1, 0.15) is 0 Å². The second-order valence-corrected chi connectivity index (χ2v) is 6.77. The molecule has 0 aliphatic rings. The van der Waals surface area contributed by atoms with Crippen molar-refractivity contribution in [2.45, 2.75) is 26.4 Å². The third kappa shape index (κ3) is 4.11. The minimum Gasteiger partial charge on any atom is -0.326 e. The number of anilines is 1. The predicted octanol–water partition coefficient (Wildman–Crippen LogP) is 3.44. The van der Waals surface area contributed by atoms with E-state index < -0.39 is 23.2 Å². The number of nitrogens with zero attached hydrogens (tertiary/aromatic N) is 2. The van der Waals surface area contributed by atoms with Crippen LogP contribution in [0.15, 0.2) is 34.4 Å². The van der Waals surface area contributed by atoms with E-state index >= 15 is 0 Å². The number of carbonyl (C=O) groups excluding carboxylic acids is 1. The molecule has 0 saturated heterocycles. The summed E-state index contributed by atoms with van der Waals surface area (Å²) < 4.78 is 39.5. The van der Waals surface area contributed by atoms with Gasteiger partial charge in [-0.3, -0.25) is 14.7 Å². The summed E-state index contributed by atoms with van der Waals surface area (Å²) in [5.74, 6) is -0.587. The molecule has 0 unspecified atom stereocenters. The van der Waals surface area contributed by atoms with Crippen LogP contribution in [0.1, 0.15) is 22.5 Å². The van der Waals surface area contributed by atoms with Crippen LogP contribution in [0.5, 0.6) is 0 Å². The molecule has 3 rings (SSSR count). The highest BCUT2D eigenvalue weighted by Crippen LogP contribution is 2.30. The maximum atomic E-state index is 12.8. The number of benzene rings is 1. The number of hydrogen-bond donors (Lipinski definition) is 2. The molecule has 2 N–H and O–H groups in total. The van der Waals surface area contributed by atoms with E-state index in [4.69, 9.17) is 0 Å². The van der Waals surface area contributed by atoms with E-state index in [1.165, 1.54) is 28.2 Å². The average Bonchev–Trinajstić information content (AvgIpc) is 3.12. The van der Waals surface area contributed by atoms with Gasteiger partial charge >= 0.3 is 6.18 Å². The molecule has 142 valence electrons. The van der Waals surface area contributed by atoms with Gasteiger partial charge in [0.15, 0.2) is 0 Å². The number of amides is 1. The summed E-state index contributed by atoms with van der Waals surface area (Å²) in [6.45, 7) is 3.44. The lowest BCUT2D eigenvalue weighted by Crippen LogP contribution is -2.22. The van der Waals surface area contributed by atoms with Gasteiger partial charge in [0.25, 0.3) is 5.56 Å². The molecule has 0 spiro atoms. The maximum absolute atomic E-state index is 12.8. The summed E-state index contributed by atoms with van der Waals surface area (Å²) in [4.78, 5) is 29.0. The Morgan fingerprint density at radius 3 is 2.70 bits per heavy atom. The molecule has 0 saturated carbocycles. The van der Waals surface area contributed by atoms with E-state index in [0.717, 1.165) is 17.8 Å². The van der Waals surface area contributed by atoms with Crippen LogP contribution in [0.2, 0.25) is 0 Å². The fourth-order valence-corrected chi connectivity index (χ4v) is 3.27. The number of nitrogens with one attached hydrogen (secondary N) is 2. The summed E-state index contributed by atoms with van der Waals surface area (Å²) in [6, 6.07) is 4.32. The minimum atomic E-state index is -4.50. The Hall–Kier alpha value is -2.88. The molecule has 0 atom stereocenters. The largest absolute Gasteiger partial charge is 0.416 e. The number of halogens is 3. The second kappa shape index (κ2) is 7.03. The van der Waals surface area contributed by atoms with E-state index in [0.29, 0.717) is 10.8 Å². The van der Waals surface area contributed by atoms with Gasteiger partial charge < -0.3 is 5.32 Å². The molecule has 3 aromatic rings. The van der Waals surface area contributed by atoms with Gasteiger partial charge in [-0.2, -0.15) is 17.9 Å². The highest BCUT2D eigenvalue weighted by Gasteiger charge is 2.30. The SMILES string of the molecule is Cc1csc(-n2[nH]c(C)c(CC(=O)Nc3cccc(C(F)(F)F)c3)c2=O)n1. The fourth-order valence-electron chi connectivity index (χ4n) is 2.51. The molecule has 6 nitrogen and oxygen atoms in total. The van der Waals surface area contributed by atoms with Crippen molar-refractivity contribution < 1.29 is 18.0 Å². The molecular formula is C17H15F3N4O2S. The van der Waals surface area contributed by atoms with Crippen molar-refractivity contribution in [1.82, 2.24) is 14.8 Å². The van der Waals surface area contributed by atoms with Gasteiger partial charge in [-0.15, -0.1) is 11.3 Å². The van der Waals surface area contributed by atoms with Crippen molar-refractivity contribution in [3.63, 3.8) is 0 Å². The molecule has 10 heteroatoms. The van der Waals surface area contributed by atoms with E-state index in [2.05, 4.69) is 15.4 Å². The highest BCUT2D eigenvalue weighted by molar-refractivity contribution is 7.12. The third-order valence-corrected chi connectivity index (χ3v) is 4.75. The maximum Gasteiger partial charge on any atom is 0.416 e. The number of H-pyrrole nitrogens is 1. The molecule has 0 fully saturated rings. The molecule has 1 amide bonds. The number of aromatic nitrogens is 3. The summed E-state index contributed by atoms with van der Waals surface area (Å²) in [6.07, 6.45) is -4.77. The standard InChI is InChI=1S/C17H15F3N4O2S/c1-9-8-27-16(21-9)24-15(26)13(10(2)23-24)7-14(25)22-12-5-3-4-11(6-12)17(18,19)20/h3-6,8,23H,7H2,1-2H3,(H,22,25). The Labute approximate surface area is 155 Å². The van der Waals surface area contributed by atoms with Crippen LogP contribution in [0.4, 0.5) is 18.9 Å². The Morgan fingerprint density at radius 2 is 2.07 bits per heavy atom. The van der Waals surface area contributed by atoms with Gasteiger partial charge in [0.05, 0.1) is 17.7 Å². The molecule has 2 heterocycles. The molecule has 27 heavy (non-hydrogen) atoms. The summed E-state index contributed by atoms with van der Waals surface area (Å²) in [5.41, 5.74) is 0.219. The van der Waals surface area contributed by atoms with Crippen LogP contribution in [0, 0.1) is 13.8 Å². The lowest BCUT2D eigenvalue weighted by molar-refractivity contribution is -0.137. The normalized spacial score (nSPS) is 11.6. The Balaban J connectivity index is 1.79. The molecule has 0 aliphatic carbocycles. The number of aromatic amines is 1. The average molecular weight is 396 g/mol. The third-order valence-electron chi connectivity index (χ3n) is 3.80. The van der Waals surface area contributed by atoms with Crippen molar-refractivity contribution in [3.8, 4) is 5.13 Å². The van der Waals surface area contributed by atoms with Crippen molar-refractivity contribution in [3.05, 3.63) is 62.5 Å². The van der Waals surface area contributed by atoms with E-state index in [9.17, 15) is 22.8 Å². The number of hydrogen-bond acceptors (Lipinski definition) is 4. The number of carbonyl (C=O) groups is 1. The van der Waals surface area contributed by atoms with E-state index in [1.54, 1.807) is 19.2 Å². The Morgan fingerprint density at radius 1 is 1.33 bits per heavy atom. The summed E-state index contributed by atoms with van der Waals surface area (Å²) in [7, 11) is 0. The summed E-state index contributed by atoms with van der Waals surface area (Å²) >= 11 is 1.28. The van der Waals surface area contributed by atoms with Crippen LogP contribution in [-0.2, 0) is 17.4 Å². The zero-order valence-electron chi connectivity index (χ0n) is 14.3. The van der Waals surface area contributed by atoms with Crippen LogP contribution in [0.3, 0.4) is 0 Å². The van der Waals surface area contributed by atoms with Crippen LogP contribution in [-0.4, -0.2) is 20.7 Å². The van der Waals surface area contributed by atoms with Gasteiger partial charge in [-0.1, -0.05) is 6.07 Å². The monoisotopic (exact) mass is 396 g/mol. The van der Waals surface area contributed by atoms with E-state index in [1.807, 2.05) is 0 Å². The van der Waals surface area contributed by atoms with E-state index in [-0.39, 0.29) is 17.7 Å². The fraction of sp³-hybridized carbons (Fsp3) is 0.235. The first-order valence-electron chi connectivity index (χ1n) is 7.85. The Bertz CT molecular complexity index is 1050. The lowest BCUT2D eigenvalue weighted by atomic mass is 10.1. The lowest BCUT2D eigenvalue weighted by Gasteiger charge is -2.09. The number of alkyl halides is 3. The first kappa shape index (κ1) is 18.9. The Kier molecular flexibility index (Phi) is 4.92. The number of aryl methyl sites for hydroxylation is 2. The predicted molar refractivity (Wildman–Crippen MR) is 95.3 cm³/mol. The molecule has 0 radical (unpaired) electrons. The second-order valence-electron chi connectivity index (χ2n) is 5.93. The number of thiazole rings is 1. The molecule has 1 aromatic carbocycles. The van der Waals surface area contributed by atoms with Gasteiger partial charge in [0.2, 0.25) is 11.0 Å². The highest BCUT2D eigenvalue weighted by atomic mass is 32.1. The van der Waals surface area contributed by atoms with Crippen molar-refractivity contribution in [2.75, 3.05) is 5.32 Å². The van der Waals surface area contributed by atoms with Gasteiger partial charge in [-0.25, -0.2) is 4.98 Å². The number of rotatable bonds is 4. The van der Waals surface area contributed by atoms with Crippen LogP contribution in [0.25, 0.3) is 5.13 Å². The van der Waals surface area contributed by atoms with Crippen molar-refractivity contribution in [1.29, 1.82) is 0 Å².